The summed E-state index contributed by atoms with van der Waals surface area (Å²) in [6, 6.07) is 0.131. The van der Waals surface area contributed by atoms with Crippen molar-refractivity contribution in [3.05, 3.63) is 0 Å². The van der Waals surface area contributed by atoms with Crippen molar-refractivity contribution in [2.24, 2.45) is 0 Å². The first kappa shape index (κ1) is 17.0. The predicted molar refractivity (Wildman–Crippen MR) is 82.2 cm³/mol. The third-order valence-corrected chi connectivity index (χ3v) is 7.26. The van der Waals surface area contributed by atoms with Crippen LogP contribution in [0, 0.1) is 0 Å². The summed E-state index contributed by atoms with van der Waals surface area (Å²) in [6.07, 6.45) is 7.85. The van der Waals surface area contributed by atoms with Gasteiger partial charge in [0.2, 0.25) is 0 Å². The SMILES string of the molecule is CCCC(NCC)C(CC)S(=O)(=O)C1CCCCC1. The van der Waals surface area contributed by atoms with Crippen LogP contribution >= 0.6 is 0 Å². The van der Waals surface area contributed by atoms with Crippen molar-refractivity contribution in [1.29, 1.82) is 0 Å². The second-order valence-corrected chi connectivity index (χ2v) is 8.20. The molecule has 3 nitrogen and oxygen atoms in total. The van der Waals surface area contributed by atoms with Gasteiger partial charge in [-0.15, -0.1) is 0 Å². The molecule has 0 amide bonds. The van der Waals surface area contributed by atoms with E-state index < -0.39 is 9.84 Å². The van der Waals surface area contributed by atoms with Gasteiger partial charge < -0.3 is 5.32 Å². The van der Waals surface area contributed by atoms with Crippen molar-refractivity contribution in [1.82, 2.24) is 5.32 Å². The Morgan fingerprint density at radius 2 is 1.74 bits per heavy atom. The highest BCUT2D eigenvalue weighted by atomic mass is 32.2. The highest BCUT2D eigenvalue weighted by Crippen LogP contribution is 2.29. The molecule has 0 heterocycles. The molecule has 4 heteroatoms. The molecule has 0 aliphatic heterocycles. The molecular weight excluding hydrogens is 258 g/mol. The van der Waals surface area contributed by atoms with Crippen molar-refractivity contribution in [3.8, 4) is 0 Å². The fourth-order valence-electron chi connectivity index (χ4n) is 3.38. The Balaban J connectivity index is 2.84. The van der Waals surface area contributed by atoms with Crippen LogP contribution in [0.4, 0.5) is 0 Å². The molecule has 1 fully saturated rings. The van der Waals surface area contributed by atoms with E-state index in [1.807, 2.05) is 6.92 Å². The molecular formula is C15H31NO2S. The maximum Gasteiger partial charge on any atom is 0.157 e. The monoisotopic (exact) mass is 289 g/mol. The largest absolute Gasteiger partial charge is 0.313 e. The second kappa shape index (κ2) is 8.25. The van der Waals surface area contributed by atoms with Crippen LogP contribution in [-0.4, -0.2) is 31.5 Å². The van der Waals surface area contributed by atoms with E-state index in [1.54, 1.807) is 0 Å². The van der Waals surface area contributed by atoms with Gasteiger partial charge in [-0.2, -0.15) is 0 Å². The summed E-state index contributed by atoms with van der Waals surface area (Å²) in [7, 11) is -2.98. The van der Waals surface area contributed by atoms with Crippen molar-refractivity contribution in [2.75, 3.05) is 6.54 Å². The highest BCUT2D eigenvalue weighted by molar-refractivity contribution is 7.92. The first-order chi connectivity index (χ1) is 9.07. The Hall–Kier alpha value is -0.0900. The zero-order valence-corrected chi connectivity index (χ0v) is 13.6. The Kier molecular flexibility index (Phi) is 7.37. The molecule has 0 saturated heterocycles. The van der Waals surface area contributed by atoms with Crippen LogP contribution < -0.4 is 5.32 Å². The average molecular weight is 289 g/mol. The summed E-state index contributed by atoms with van der Waals surface area (Å²) in [5.74, 6) is 0. The number of hydrogen-bond donors (Lipinski definition) is 1. The first-order valence-electron chi connectivity index (χ1n) is 8.03. The minimum Gasteiger partial charge on any atom is -0.313 e. The molecule has 0 aromatic rings. The fourth-order valence-corrected chi connectivity index (χ4v) is 6.02. The molecule has 0 aromatic carbocycles. The minimum absolute atomic E-state index is 0.0794. The summed E-state index contributed by atoms with van der Waals surface area (Å²) in [4.78, 5) is 0. The van der Waals surface area contributed by atoms with Crippen LogP contribution in [0.2, 0.25) is 0 Å². The van der Waals surface area contributed by atoms with Crippen LogP contribution in [0.25, 0.3) is 0 Å². The maximum absolute atomic E-state index is 12.9. The summed E-state index contributed by atoms with van der Waals surface area (Å²) >= 11 is 0. The van der Waals surface area contributed by atoms with Crippen molar-refractivity contribution in [3.63, 3.8) is 0 Å². The van der Waals surface area contributed by atoms with E-state index >= 15 is 0 Å². The Bertz CT molecular complexity index is 328. The van der Waals surface area contributed by atoms with Crippen molar-refractivity contribution < 1.29 is 8.42 Å². The van der Waals surface area contributed by atoms with E-state index in [2.05, 4.69) is 19.2 Å². The molecule has 19 heavy (non-hydrogen) atoms. The highest BCUT2D eigenvalue weighted by Gasteiger charge is 2.37. The Morgan fingerprint density at radius 1 is 1.11 bits per heavy atom. The number of rotatable bonds is 8. The molecule has 0 bridgehead atoms. The van der Waals surface area contributed by atoms with Gasteiger partial charge in [-0.3, -0.25) is 0 Å². The summed E-state index contributed by atoms with van der Waals surface area (Å²) < 4.78 is 25.7. The quantitative estimate of drug-likeness (QED) is 0.746. The van der Waals surface area contributed by atoms with E-state index in [4.69, 9.17) is 0 Å². The summed E-state index contributed by atoms with van der Waals surface area (Å²) in [5.41, 5.74) is 0. The van der Waals surface area contributed by atoms with E-state index in [1.165, 1.54) is 6.42 Å². The van der Waals surface area contributed by atoms with Gasteiger partial charge in [-0.05, 0) is 32.2 Å². The second-order valence-electron chi connectivity index (χ2n) is 5.75. The van der Waals surface area contributed by atoms with Crippen LogP contribution in [0.3, 0.4) is 0 Å². The third-order valence-electron chi connectivity index (χ3n) is 4.36. The van der Waals surface area contributed by atoms with E-state index in [-0.39, 0.29) is 16.5 Å². The predicted octanol–water partition coefficient (Wildman–Crippen LogP) is 3.29. The zero-order chi connectivity index (χ0) is 14.3. The molecule has 0 spiro atoms. The molecule has 1 aliphatic rings. The third kappa shape index (κ3) is 4.45. The van der Waals surface area contributed by atoms with Crippen molar-refractivity contribution in [2.45, 2.75) is 88.7 Å². The molecule has 114 valence electrons. The Labute approximate surface area is 119 Å². The number of sulfone groups is 1. The van der Waals surface area contributed by atoms with Gasteiger partial charge in [0.25, 0.3) is 0 Å². The minimum atomic E-state index is -2.98. The van der Waals surface area contributed by atoms with Gasteiger partial charge in [0, 0.05) is 6.04 Å². The average Bonchev–Trinajstić information content (AvgIpc) is 2.41. The first-order valence-corrected chi connectivity index (χ1v) is 9.64. The lowest BCUT2D eigenvalue weighted by Crippen LogP contribution is -2.47. The molecule has 1 aliphatic carbocycles. The van der Waals surface area contributed by atoms with Crippen LogP contribution in [0.5, 0.6) is 0 Å². The summed E-state index contributed by atoms with van der Waals surface area (Å²) in [6.45, 7) is 7.05. The van der Waals surface area contributed by atoms with Crippen LogP contribution in [0.15, 0.2) is 0 Å². The normalized spacial score (nSPS) is 21.2. The lowest BCUT2D eigenvalue weighted by molar-refractivity contribution is 0.427. The smallest absolute Gasteiger partial charge is 0.157 e. The fraction of sp³-hybridized carbons (Fsp3) is 1.00. The zero-order valence-electron chi connectivity index (χ0n) is 12.8. The van der Waals surface area contributed by atoms with Gasteiger partial charge in [-0.25, -0.2) is 8.42 Å². The maximum atomic E-state index is 12.9. The molecule has 1 saturated carbocycles. The topological polar surface area (TPSA) is 46.2 Å². The number of hydrogen-bond acceptors (Lipinski definition) is 3. The lowest BCUT2D eigenvalue weighted by atomic mass is 10.0. The van der Waals surface area contributed by atoms with Gasteiger partial charge in [0.05, 0.1) is 10.5 Å². The van der Waals surface area contributed by atoms with Gasteiger partial charge in [0.1, 0.15) is 0 Å². The molecule has 0 radical (unpaired) electrons. The van der Waals surface area contributed by atoms with Gasteiger partial charge in [0.15, 0.2) is 9.84 Å². The van der Waals surface area contributed by atoms with Gasteiger partial charge >= 0.3 is 0 Å². The standard InChI is InChI=1S/C15H31NO2S/c1-4-10-14(16-6-3)15(5-2)19(17,18)13-11-8-7-9-12-13/h13-16H,4-12H2,1-3H3. The molecule has 2 atom stereocenters. The lowest BCUT2D eigenvalue weighted by Gasteiger charge is -2.32. The van der Waals surface area contributed by atoms with E-state index in [0.717, 1.165) is 51.5 Å². The molecule has 1 N–H and O–H groups in total. The molecule has 1 rings (SSSR count). The summed E-state index contributed by atoms with van der Waals surface area (Å²) in [5, 5.41) is 3.12. The van der Waals surface area contributed by atoms with Crippen LogP contribution in [-0.2, 0) is 9.84 Å². The van der Waals surface area contributed by atoms with Crippen molar-refractivity contribution >= 4 is 9.84 Å². The van der Waals surface area contributed by atoms with Crippen LogP contribution in [0.1, 0.15) is 72.1 Å². The Morgan fingerprint density at radius 3 is 2.21 bits per heavy atom. The molecule has 2 unspecified atom stereocenters. The van der Waals surface area contributed by atoms with E-state index in [9.17, 15) is 8.42 Å². The number of nitrogens with one attached hydrogen (secondary N) is 1. The molecule has 0 aromatic heterocycles. The van der Waals surface area contributed by atoms with E-state index in [0.29, 0.717) is 0 Å². The van der Waals surface area contributed by atoms with Gasteiger partial charge in [-0.1, -0.05) is 46.5 Å².